The van der Waals surface area contributed by atoms with Crippen molar-refractivity contribution in [2.75, 3.05) is 31.1 Å². The Labute approximate surface area is 330 Å². The average molecular weight is 778 g/mol. The number of hydrogen-bond donors (Lipinski definition) is 0. The van der Waals surface area contributed by atoms with Crippen molar-refractivity contribution < 1.29 is 17.9 Å². The van der Waals surface area contributed by atoms with Gasteiger partial charge in [0.25, 0.3) is 0 Å². The van der Waals surface area contributed by atoms with Crippen molar-refractivity contribution >= 4 is 35.6 Å². The maximum atomic E-state index is 17.5. The van der Waals surface area contributed by atoms with Crippen molar-refractivity contribution in [2.45, 2.75) is 121 Å². The third kappa shape index (κ3) is 5.65. The Morgan fingerprint density at radius 3 is 2.48 bits per heavy atom. The van der Waals surface area contributed by atoms with Gasteiger partial charge in [0.1, 0.15) is 43.7 Å². The Morgan fingerprint density at radius 1 is 0.982 bits per heavy atom. The zero-order valence-electron chi connectivity index (χ0n) is 33.7. The first kappa shape index (κ1) is 37.6. The van der Waals surface area contributed by atoms with Crippen molar-refractivity contribution in [3.63, 3.8) is 0 Å². The van der Waals surface area contributed by atoms with E-state index in [1.807, 2.05) is 17.0 Å². The van der Waals surface area contributed by atoms with E-state index in [0.29, 0.717) is 51.9 Å². The molecule has 5 aliphatic rings. The molecule has 3 saturated heterocycles. The van der Waals surface area contributed by atoms with Crippen LogP contribution in [0.4, 0.5) is 19.0 Å². The lowest BCUT2D eigenvalue weighted by atomic mass is 9.80. The minimum absolute atomic E-state index is 0.0561. The molecule has 0 bridgehead atoms. The number of anilines is 1. The fourth-order valence-electron chi connectivity index (χ4n) is 11.6. The number of pyridine rings is 1. The fourth-order valence-corrected chi connectivity index (χ4v) is 16.8. The van der Waals surface area contributed by atoms with Gasteiger partial charge < -0.3 is 9.64 Å². The summed E-state index contributed by atoms with van der Waals surface area (Å²) < 4.78 is 55.5. The van der Waals surface area contributed by atoms with E-state index in [2.05, 4.69) is 64.5 Å². The predicted molar refractivity (Wildman–Crippen MR) is 221 cm³/mol. The number of nitrogens with zero attached hydrogens (tertiary/aromatic N) is 5. The highest BCUT2D eigenvalue weighted by molar-refractivity contribution is 6.90. The molecule has 2 aromatic heterocycles. The zero-order chi connectivity index (χ0) is 39.3. The molecule has 4 atom stereocenters. The quantitative estimate of drug-likeness (QED) is 0.101. The molecule has 2 saturated carbocycles. The highest BCUT2D eigenvalue weighted by atomic mass is 28.3. The molecule has 6 nitrogen and oxygen atoms in total. The smallest absolute Gasteiger partial charge is 0.319 e. The summed E-state index contributed by atoms with van der Waals surface area (Å²) in [6, 6.07) is 8.47. The van der Waals surface area contributed by atoms with Crippen molar-refractivity contribution in [3.8, 4) is 28.7 Å². The second-order valence-corrected chi connectivity index (χ2v) is 24.1. The minimum atomic E-state index is -2.23. The lowest BCUT2D eigenvalue weighted by Crippen LogP contribution is -2.49. The average Bonchev–Trinajstić information content (AvgIpc) is 4.04. The standard InChI is InChI=1S/C46H54F3N5OSi/c1-27(2)56(28(3)4,29(5)6)22-16-32-36(47)15-14-31-11-10-13-33(37(31)32)40-39(49)41-35(24-50-40)43(54-20-9-8-12-34-38(48)42(34)54)52-44(51-41)55-26-46-23-30(7)25-53(46)21-19-45(46)17-18-45/h10-11,13-15,24,27-29,34,38,42H,7-9,12,17-21,23,25-26H2,1-6H3/t34-,38-,42-,46-/m0/s1. The Morgan fingerprint density at radius 2 is 1.75 bits per heavy atom. The molecule has 9 rings (SSSR count). The number of benzene rings is 2. The maximum Gasteiger partial charge on any atom is 0.319 e. The Bertz CT molecular complexity index is 2290. The molecule has 10 heteroatoms. The molecule has 0 radical (unpaired) electrons. The molecule has 0 N–H and O–H groups in total. The van der Waals surface area contributed by atoms with Crippen LogP contribution in [0.15, 0.2) is 48.7 Å². The highest BCUT2D eigenvalue weighted by Crippen LogP contribution is 2.66. The number of halogens is 3. The van der Waals surface area contributed by atoms with Crippen LogP contribution in [0, 0.1) is 34.4 Å². The largest absolute Gasteiger partial charge is 0.461 e. The second kappa shape index (κ2) is 13.6. The highest BCUT2D eigenvalue weighted by Gasteiger charge is 2.67. The van der Waals surface area contributed by atoms with Crippen molar-refractivity contribution in [1.82, 2.24) is 19.9 Å². The number of alkyl halides is 1. The first-order valence-electron chi connectivity index (χ1n) is 20.9. The third-order valence-electron chi connectivity index (χ3n) is 14.7. The Kier molecular flexibility index (Phi) is 9.12. The maximum absolute atomic E-state index is 17.5. The lowest BCUT2D eigenvalue weighted by molar-refractivity contribution is 0.0649. The summed E-state index contributed by atoms with van der Waals surface area (Å²) in [6.07, 6.45) is 7.63. The van der Waals surface area contributed by atoms with Gasteiger partial charge in [-0.2, -0.15) is 9.97 Å². The molecule has 2 aliphatic carbocycles. The van der Waals surface area contributed by atoms with Gasteiger partial charge >= 0.3 is 6.01 Å². The van der Waals surface area contributed by atoms with E-state index in [1.54, 1.807) is 18.3 Å². The van der Waals surface area contributed by atoms with Gasteiger partial charge in [-0.15, -0.1) is 5.54 Å². The predicted octanol–water partition coefficient (Wildman–Crippen LogP) is 10.6. The van der Waals surface area contributed by atoms with Crippen molar-refractivity contribution in [1.29, 1.82) is 0 Å². The Hall–Kier alpha value is -3.94. The molecule has 0 unspecified atom stereocenters. The van der Waals surface area contributed by atoms with Gasteiger partial charge in [0.2, 0.25) is 0 Å². The molecule has 4 aromatic rings. The fraction of sp³-hybridized carbons (Fsp3) is 0.543. The van der Waals surface area contributed by atoms with Crippen LogP contribution < -0.4 is 9.64 Å². The molecule has 56 heavy (non-hydrogen) atoms. The second-order valence-electron chi connectivity index (χ2n) is 18.5. The molecule has 5 heterocycles. The van der Waals surface area contributed by atoms with E-state index in [1.165, 1.54) is 11.6 Å². The van der Waals surface area contributed by atoms with Gasteiger partial charge in [0.05, 0.1) is 22.5 Å². The summed E-state index contributed by atoms with van der Waals surface area (Å²) in [5.41, 5.74) is 6.83. The van der Waals surface area contributed by atoms with E-state index < -0.39 is 25.9 Å². The summed E-state index contributed by atoms with van der Waals surface area (Å²) in [7, 11) is -2.23. The Balaban J connectivity index is 1.20. The van der Waals surface area contributed by atoms with E-state index >= 15 is 13.2 Å². The van der Waals surface area contributed by atoms with Crippen LogP contribution >= 0.6 is 0 Å². The summed E-state index contributed by atoms with van der Waals surface area (Å²) >= 11 is 0. The van der Waals surface area contributed by atoms with Crippen LogP contribution in [0.25, 0.3) is 32.9 Å². The van der Waals surface area contributed by atoms with Crippen molar-refractivity contribution in [2.24, 2.45) is 11.3 Å². The van der Waals surface area contributed by atoms with Crippen LogP contribution in [-0.4, -0.2) is 71.9 Å². The first-order chi connectivity index (χ1) is 26.8. The molecule has 3 aliphatic heterocycles. The van der Waals surface area contributed by atoms with E-state index in [0.717, 1.165) is 63.4 Å². The normalized spacial score (nSPS) is 25.6. The van der Waals surface area contributed by atoms with Gasteiger partial charge in [-0.3, -0.25) is 9.88 Å². The van der Waals surface area contributed by atoms with Gasteiger partial charge in [0, 0.05) is 36.2 Å². The SMILES string of the molecule is C=C1CN2CCC3(CC3)[C@@]2(COc2nc(N3CCCC[C@H]4[C@H](F)[C@H]43)c3cnc(-c4cccc5ccc(F)c(C#C[Si](C(C)C)(C(C)C)C(C)C)c45)c(F)c3n2)C1. The zero-order valence-corrected chi connectivity index (χ0v) is 34.7. The van der Waals surface area contributed by atoms with E-state index in [9.17, 15) is 0 Å². The molecule has 294 valence electrons. The van der Waals surface area contributed by atoms with E-state index in [4.69, 9.17) is 19.7 Å². The molecule has 2 aromatic carbocycles. The summed E-state index contributed by atoms with van der Waals surface area (Å²) in [6.45, 7) is 20.6. The van der Waals surface area contributed by atoms with Gasteiger partial charge in [-0.25, -0.2) is 13.2 Å². The van der Waals surface area contributed by atoms with Crippen LogP contribution in [0.5, 0.6) is 6.01 Å². The first-order valence-corrected chi connectivity index (χ1v) is 23.1. The van der Waals surface area contributed by atoms with E-state index in [-0.39, 0.29) is 45.7 Å². The summed E-state index contributed by atoms with van der Waals surface area (Å²) in [5, 5.41) is 1.69. The van der Waals surface area contributed by atoms with Crippen molar-refractivity contribution in [3.05, 3.63) is 65.9 Å². The summed E-state index contributed by atoms with van der Waals surface area (Å²) in [4.78, 5) is 19.0. The van der Waals surface area contributed by atoms with Crippen LogP contribution in [0.3, 0.4) is 0 Å². The number of ether oxygens (including phenoxy) is 1. The monoisotopic (exact) mass is 777 g/mol. The third-order valence-corrected chi connectivity index (χ3v) is 21.0. The number of rotatable bonds is 8. The number of fused-ring (bicyclic) bond motifs is 5. The lowest BCUT2D eigenvalue weighted by Gasteiger charge is -2.38. The van der Waals surface area contributed by atoms with Crippen LogP contribution in [-0.2, 0) is 0 Å². The molecular weight excluding hydrogens is 724 g/mol. The van der Waals surface area contributed by atoms with Crippen LogP contribution in [0.2, 0.25) is 16.6 Å². The molecule has 1 spiro atoms. The van der Waals surface area contributed by atoms with Crippen LogP contribution in [0.1, 0.15) is 92.1 Å². The number of aromatic nitrogens is 3. The number of hydrogen-bond acceptors (Lipinski definition) is 6. The molecular formula is C46H54F3N5OSi. The van der Waals surface area contributed by atoms with Gasteiger partial charge in [0.15, 0.2) is 5.82 Å². The summed E-state index contributed by atoms with van der Waals surface area (Å²) in [5.74, 6) is 2.66. The molecule has 5 fully saturated rings. The van der Waals surface area contributed by atoms with Gasteiger partial charge in [-0.1, -0.05) is 90.3 Å². The van der Waals surface area contributed by atoms with Gasteiger partial charge in [-0.05, 0) is 78.6 Å². The minimum Gasteiger partial charge on any atom is -0.461 e. The topological polar surface area (TPSA) is 54.4 Å². The molecule has 0 amide bonds.